The van der Waals surface area contributed by atoms with Crippen molar-refractivity contribution in [1.82, 2.24) is 4.98 Å². The van der Waals surface area contributed by atoms with E-state index in [1.165, 1.54) is 18.2 Å². The van der Waals surface area contributed by atoms with Crippen molar-refractivity contribution in [2.24, 2.45) is 0 Å². The smallest absolute Gasteiger partial charge is 0.305 e. The molecule has 11 heteroatoms. The summed E-state index contributed by atoms with van der Waals surface area (Å²) in [5.74, 6) is 0. The van der Waals surface area contributed by atoms with Gasteiger partial charge >= 0.3 is 12.4 Å². The van der Waals surface area contributed by atoms with Crippen LogP contribution in [0.3, 0.4) is 0 Å². The predicted molar refractivity (Wildman–Crippen MR) is 117 cm³/mol. The summed E-state index contributed by atoms with van der Waals surface area (Å²) in [6, 6.07) is 12.0. The van der Waals surface area contributed by atoms with Gasteiger partial charge in [-0.3, -0.25) is 14.7 Å². The first-order chi connectivity index (χ1) is 14.6. The first-order valence-corrected chi connectivity index (χ1v) is 11.6. The van der Waals surface area contributed by atoms with Gasteiger partial charge in [-0.25, -0.2) is 4.98 Å². The summed E-state index contributed by atoms with van der Waals surface area (Å²) < 4.78 is 53.9. The molecule has 1 heterocycles. The number of pyridine rings is 1. The highest BCUT2D eigenvalue weighted by Crippen LogP contribution is 2.53. The molecule has 2 aromatic carbocycles. The fraction of sp³-hybridized carbons (Fsp3) is 0.250. The Hall–Kier alpha value is -2.26. The Bertz CT molecular complexity index is 1160. The van der Waals surface area contributed by atoms with Crippen LogP contribution < -0.4 is 5.30 Å². The molecule has 0 saturated carbocycles. The number of fused-ring (bicyclic) bond motifs is 1. The summed E-state index contributed by atoms with van der Waals surface area (Å²) in [6.07, 6.45) is 0. The Morgan fingerprint density at radius 2 is 1.74 bits per heavy atom. The molecule has 3 aromatic rings. The molecule has 0 unspecified atom stereocenters. The van der Waals surface area contributed by atoms with Crippen LogP contribution in [0.25, 0.3) is 22.0 Å². The van der Waals surface area contributed by atoms with Crippen LogP contribution in [0.15, 0.2) is 48.5 Å². The molecular formula is C20H18BrF2N2O5P. The second-order valence-electron chi connectivity index (χ2n) is 6.34. The third-order valence-corrected chi connectivity index (χ3v) is 6.91. The van der Waals surface area contributed by atoms with Crippen LogP contribution in [0.4, 0.5) is 14.5 Å². The van der Waals surface area contributed by atoms with Gasteiger partial charge in [0.05, 0.1) is 23.7 Å². The van der Waals surface area contributed by atoms with Gasteiger partial charge in [-0.1, -0.05) is 30.3 Å². The van der Waals surface area contributed by atoms with Gasteiger partial charge in [0, 0.05) is 23.1 Å². The van der Waals surface area contributed by atoms with Crippen molar-refractivity contribution in [3.05, 3.63) is 64.3 Å². The molecule has 0 fully saturated rings. The van der Waals surface area contributed by atoms with E-state index in [4.69, 9.17) is 9.05 Å². The number of rotatable bonds is 8. The minimum atomic E-state index is -4.29. The van der Waals surface area contributed by atoms with Crippen molar-refractivity contribution in [2.45, 2.75) is 18.7 Å². The number of alkyl halides is 3. The van der Waals surface area contributed by atoms with Crippen molar-refractivity contribution in [3.63, 3.8) is 0 Å². The van der Waals surface area contributed by atoms with Crippen molar-refractivity contribution in [3.8, 4) is 11.1 Å². The van der Waals surface area contributed by atoms with Gasteiger partial charge in [0.15, 0.2) is 0 Å². The molecule has 0 atom stereocenters. The number of hydrogen-bond acceptors (Lipinski definition) is 6. The van der Waals surface area contributed by atoms with E-state index >= 15 is 0 Å². The van der Waals surface area contributed by atoms with E-state index in [1.54, 1.807) is 44.2 Å². The minimum absolute atomic E-state index is 0.0712. The molecule has 0 N–H and O–H groups in total. The maximum absolute atomic E-state index is 14.7. The Morgan fingerprint density at radius 3 is 2.26 bits per heavy atom. The lowest BCUT2D eigenvalue weighted by Crippen LogP contribution is -2.26. The maximum atomic E-state index is 14.7. The van der Waals surface area contributed by atoms with Crippen LogP contribution in [0, 0.1) is 10.1 Å². The summed E-state index contributed by atoms with van der Waals surface area (Å²) in [6.45, 7) is 2.95. The van der Waals surface area contributed by atoms with E-state index in [0.717, 1.165) is 0 Å². The minimum Gasteiger partial charge on any atom is -0.305 e. The SMILES string of the molecule is CCOP(=O)(OCC)c1c(C(F)(F)Br)nc2ccc([N+](=O)[O-])cc2c1-c1ccccc1. The lowest BCUT2D eigenvalue weighted by Gasteiger charge is -2.25. The van der Waals surface area contributed by atoms with Gasteiger partial charge in [-0.15, -0.1) is 0 Å². The first kappa shape index (κ1) is 23.4. The first-order valence-electron chi connectivity index (χ1n) is 9.26. The predicted octanol–water partition coefficient (Wildman–Crippen LogP) is 6.15. The average Bonchev–Trinajstić information content (AvgIpc) is 2.72. The van der Waals surface area contributed by atoms with Crippen LogP contribution >= 0.6 is 23.5 Å². The monoisotopic (exact) mass is 514 g/mol. The summed E-state index contributed by atoms with van der Waals surface area (Å²) >= 11 is 2.33. The van der Waals surface area contributed by atoms with E-state index in [-0.39, 0.29) is 35.4 Å². The molecule has 164 valence electrons. The van der Waals surface area contributed by atoms with Gasteiger partial charge in [0.1, 0.15) is 11.0 Å². The Kier molecular flexibility index (Phi) is 6.85. The van der Waals surface area contributed by atoms with Crippen molar-refractivity contribution in [2.75, 3.05) is 13.2 Å². The number of hydrogen-bond donors (Lipinski definition) is 0. The Balaban J connectivity index is 2.59. The van der Waals surface area contributed by atoms with Gasteiger partial charge in [0.2, 0.25) is 0 Å². The van der Waals surface area contributed by atoms with Gasteiger partial charge < -0.3 is 9.05 Å². The molecule has 31 heavy (non-hydrogen) atoms. The van der Waals surface area contributed by atoms with Crippen molar-refractivity contribution in [1.29, 1.82) is 0 Å². The van der Waals surface area contributed by atoms with E-state index < -0.39 is 28.3 Å². The lowest BCUT2D eigenvalue weighted by molar-refractivity contribution is -0.384. The summed E-state index contributed by atoms with van der Waals surface area (Å²) in [5.41, 5.74) is -0.546. The molecule has 0 aliphatic carbocycles. The Labute approximate surface area is 185 Å². The van der Waals surface area contributed by atoms with Crippen LogP contribution in [0.5, 0.6) is 0 Å². The molecular weight excluding hydrogens is 497 g/mol. The molecule has 0 bridgehead atoms. The molecule has 0 saturated heterocycles. The molecule has 0 radical (unpaired) electrons. The fourth-order valence-electron chi connectivity index (χ4n) is 3.22. The molecule has 1 aromatic heterocycles. The van der Waals surface area contributed by atoms with Crippen molar-refractivity contribution >= 4 is 45.4 Å². The summed E-state index contributed by atoms with van der Waals surface area (Å²) in [7, 11) is -4.29. The average molecular weight is 515 g/mol. The number of nitro benzene ring substituents is 1. The Morgan fingerprint density at radius 1 is 1.13 bits per heavy atom. The third-order valence-electron chi connectivity index (χ3n) is 4.36. The second kappa shape index (κ2) is 9.08. The van der Waals surface area contributed by atoms with E-state index in [2.05, 4.69) is 20.9 Å². The highest BCUT2D eigenvalue weighted by Gasteiger charge is 2.43. The molecule has 0 aliphatic heterocycles. The van der Waals surface area contributed by atoms with Gasteiger partial charge in [-0.05, 0) is 41.4 Å². The summed E-state index contributed by atoms with van der Waals surface area (Å²) in [5, 5.41) is 11.1. The van der Waals surface area contributed by atoms with Gasteiger partial charge in [-0.2, -0.15) is 8.78 Å². The number of benzene rings is 2. The van der Waals surface area contributed by atoms with Crippen LogP contribution in [-0.4, -0.2) is 23.1 Å². The molecule has 3 rings (SSSR count). The highest BCUT2D eigenvalue weighted by molar-refractivity contribution is 9.09. The zero-order valence-electron chi connectivity index (χ0n) is 16.5. The van der Waals surface area contributed by atoms with E-state index in [9.17, 15) is 23.5 Å². The second-order valence-corrected chi connectivity index (χ2v) is 9.29. The number of non-ortho nitro benzene ring substituents is 1. The largest absolute Gasteiger partial charge is 0.364 e. The van der Waals surface area contributed by atoms with Gasteiger partial charge in [0.25, 0.3) is 5.69 Å². The molecule has 0 aliphatic rings. The zero-order valence-corrected chi connectivity index (χ0v) is 19.0. The van der Waals surface area contributed by atoms with Crippen molar-refractivity contribution < 1.29 is 27.3 Å². The molecule has 0 amide bonds. The number of aromatic nitrogens is 1. The quantitative estimate of drug-likeness (QED) is 0.155. The topological polar surface area (TPSA) is 91.6 Å². The number of nitrogens with zero attached hydrogens (tertiary/aromatic N) is 2. The lowest BCUT2D eigenvalue weighted by atomic mass is 9.99. The number of halogens is 3. The van der Waals surface area contributed by atoms with Crippen LogP contribution in [-0.2, 0) is 18.4 Å². The maximum Gasteiger partial charge on any atom is 0.364 e. The van der Waals surface area contributed by atoms with E-state index in [0.29, 0.717) is 5.56 Å². The number of nitro groups is 1. The fourth-order valence-corrected chi connectivity index (χ4v) is 5.65. The zero-order chi connectivity index (χ0) is 22.8. The van der Waals surface area contributed by atoms with Crippen LogP contribution in [0.2, 0.25) is 0 Å². The summed E-state index contributed by atoms with van der Waals surface area (Å²) in [4.78, 5) is 11.1. The molecule has 7 nitrogen and oxygen atoms in total. The normalized spacial score (nSPS) is 12.3. The standard InChI is InChI=1S/C20H18BrF2N2O5P/c1-3-29-31(28,30-4-2)18-17(13-8-6-5-7-9-13)15-12-14(25(26)27)10-11-16(15)24-19(18)20(21,22)23/h5-12H,3-4H2,1-2H3. The van der Waals surface area contributed by atoms with Crippen LogP contribution in [0.1, 0.15) is 19.5 Å². The molecule has 0 spiro atoms. The highest BCUT2D eigenvalue weighted by atomic mass is 79.9. The third kappa shape index (κ3) is 4.67. The van der Waals surface area contributed by atoms with E-state index in [1.807, 2.05) is 0 Å².